The number of hydrogen-bond acceptors (Lipinski definition) is 3. The lowest BCUT2D eigenvalue weighted by molar-refractivity contribution is -0.144. The number of hydrogen-bond donors (Lipinski definition) is 2. The molecule has 0 aromatic heterocycles. The number of amides is 2. The zero-order chi connectivity index (χ0) is 15.8. The van der Waals surface area contributed by atoms with E-state index in [0.717, 1.165) is 5.56 Å². The molecule has 2 amide bonds. The summed E-state index contributed by atoms with van der Waals surface area (Å²) in [5.74, 6) is -1.39. The molecule has 0 aliphatic heterocycles. The summed E-state index contributed by atoms with van der Waals surface area (Å²) in [6, 6.07) is 6.92. The van der Waals surface area contributed by atoms with Crippen LogP contribution in [0.2, 0.25) is 0 Å². The highest BCUT2D eigenvalue weighted by Gasteiger charge is 2.16. The van der Waals surface area contributed by atoms with Crippen molar-refractivity contribution >= 4 is 23.5 Å². The molecule has 6 nitrogen and oxygen atoms in total. The summed E-state index contributed by atoms with van der Waals surface area (Å²) in [5.41, 5.74) is 1.44. The molecular formula is C15H20N2O4. The highest BCUT2D eigenvalue weighted by molar-refractivity contribution is 5.88. The largest absolute Gasteiger partial charge is 0.480 e. The van der Waals surface area contributed by atoms with Gasteiger partial charge in [-0.3, -0.25) is 14.4 Å². The number of carbonyl (C=O) groups is 3. The van der Waals surface area contributed by atoms with Crippen LogP contribution >= 0.6 is 0 Å². The second-order valence-electron chi connectivity index (χ2n) is 4.76. The van der Waals surface area contributed by atoms with E-state index in [2.05, 4.69) is 5.32 Å². The van der Waals surface area contributed by atoms with E-state index in [-0.39, 0.29) is 24.8 Å². The van der Waals surface area contributed by atoms with Crippen LogP contribution in [0.25, 0.3) is 0 Å². The fraction of sp³-hybridized carbons (Fsp3) is 0.400. The third-order valence-electron chi connectivity index (χ3n) is 2.80. The van der Waals surface area contributed by atoms with Crippen LogP contribution in [0.15, 0.2) is 24.3 Å². The number of carbonyl (C=O) groups excluding carboxylic acids is 2. The maximum Gasteiger partial charge on any atom is 0.323 e. The highest BCUT2D eigenvalue weighted by Crippen LogP contribution is 2.11. The lowest BCUT2D eigenvalue weighted by Gasteiger charge is -2.20. The number of carboxylic acids is 1. The van der Waals surface area contributed by atoms with Crippen LogP contribution < -0.4 is 5.32 Å². The Bertz CT molecular complexity index is 511. The van der Waals surface area contributed by atoms with Crippen molar-refractivity contribution in [3.8, 4) is 0 Å². The van der Waals surface area contributed by atoms with E-state index in [1.54, 1.807) is 24.3 Å². The molecule has 6 heteroatoms. The van der Waals surface area contributed by atoms with Gasteiger partial charge in [-0.1, -0.05) is 19.1 Å². The number of rotatable bonds is 7. The Morgan fingerprint density at radius 1 is 1.19 bits per heavy atom. The van der Waals surface area contributed by atoms with Crippen LogP contribution in [-0.4, -0.2) is 40.9 Å². The summed E-state index contributed by atoms with van der Waals surface area (Å²) in [6.45, 7) is 3.46. The van der Waals surface area contributed by atoms with E-state index in [0.29, 0.717) is 18.7 Å². The second-order valence-corrected chi connectivity index (χ2v) is 4.76. The summed E-state index contributed by atoms with van der Waals surface area (Å²) in [5, 5.41) is 11.5. The molecule has 0 unspecified atom stereocenters. The summed E-state index contributed by atoms with van der Waals surface area (Å²) < 4.78 is 0. The average Bonchev–Trinajstić information content (AvgIpc) is 2.39. The number of anilines is 1. The van der Waals surface area contributed by atoms with Crippen molar-refractivity contribution in [1.29, 1.82) is 0 Å². The Labute approximate surface area is 123 Å². The molecule has 21 heavy (non-hydrogen) atoms. The van der Waals surface area contributed by atoms with Gasteiger partial charge in [-0.15, -0.1) is 0 Å². The number of nitrogens with zero attached hydrogens (tertiary/aromatic N) is 1. The lowest BCUT2D eigenvalue weighted by Crippen LogP contribution is -2.37. The molecule has 0 aliphatic carbocycles. The molecule has 1 rings (SSSR count). The number of aliphatic carboxylic acids is 1. The molecule has 0 saturated carbocycles. The molecule has 1 aromatic rings. The van der Waals surface area contributed by atoms with Crippen LogP contribution in [0.1, 0.15) is 25.8 Å². The number of benzene rings is 1. The van der Waals surface area contributed by atoms with E-state index in [4.69, 9.17) is 5.11 Å². The van der Waals surface area contributed by atoms with Gasteiger partial charge in [0.1, 0.15) is 6.54 Å². The van der Waals surface area contributed by atoms with Gasteiger partial charge in [0.2, 0.25) is 11.8 Å². The Hall–Kier alpha value is -2.37. The van der Waals surface area contributed by atoms with Gasteiger partial charge >= 0.3 is 5.97 Å². The van der Waals surface area contributed by atoms with Crippen LogP contribution in [0.5, 0.6) is 0 Å². The Morgan fingerprint density at radius 2 is 1.81 bits per heavy atom. The minimum Gasteiger partial charge on any atom is -0.480 e. The Kier molecular flexibility index (Phi) is 6.39. The van der Waals surface area contributed by atoms with E-state index < -0.39 is 5.97 Å². The topological polar surface area (TPSA) is 86.7 Å². The van der Waals surface area contributed by atoms with Gasteiger partial charge in [0, 0.05) is 19.2 Å². The third kappa shape index (κ3) is 6.07. The Morgan fingerprint density at radius 3 is 2.29 bits per heavy atom. The van der Waals surface area contributed by atoms with Crippen LogP contribution in [0, 0.1) is 0 Å². The van der Waals surface area contributed by atoms with E-state index in [1.165, 1.54) is 11.8 Å². The fourth-order valence-corrected chi connectivity index (χ4v) is 1.92. The lowest BCUT2D eigenvalue weighted by atomic mass is 10.1. The first-order valence-electron chi connectivity index (χ1n) is 6.78. The molecule has 0 saturated heterocycles. The molecule has 0 radical (unpaired) electrons. The standard InChI is InChI=1S/C15H20N2O4/c1-3-8-17(10-15(20)21)14(19)9-12-4-6-13(7-5-12)16-11(2)18/h4-7H,3,8-10H2,1-2H3,(H,16,18)(H,20,21). The maximum atomic E-state index is 12.1. The molecule has 114 valence electrons. The molecule has 1 aromatic carbocycles. The van der Waals surface area contributed by atoms with E-state index in [9.17, 15) is 14.4 Å². The van der Waals surface area contributed by atoms with Gasteiger partial charge in [0.25, 0.3) is 0 Å². The summed E-state index contributed by atoms with van der Waals surface area (Å²) in [6.07, 6.45) is 0.855. The number of carboxylic acid groups (broad SMARTS) is 1. The quantitative estimate of drug-likeness (QED) is 0.797. The average molecular weight is 292 g/mol. The first kappa shape index (κ1) is 16.7. The zero-order valence-electron chi connectivity index (χ0n) is 12.3. The molecule has 0 atom stereocenters. The van der Waals surface area contributed by atoms with Gasteiger partial charge in [-0.05, 0) is 24.1 Å². The fourth-order valence-electron chi connectivity index (χ4n) is 1.92. The zero-order valence-corrected chi connectivity index (χ0v) is 12.3. The van der Waals surface area contributed by atoms with Crippen LogP contribution in [0.3, 0.4) is 0 Å². The van der Waals surface area contributed by atoms with Crippen molar-refractivity contribution in [3.05, 3.63) is 29.8 Å². The molecule has 0 aliphatic rings. The van der Waals surface area contributed by atoms with Gasteiger partial charge in [0.15, 0.2) is 0 Å². The van der Waals surface area contributed by atoms with Crippen LogP contribution in [-0.2, 0) is 20.8 Å². The monoisotopic (exact) mass is 292 g/mol. The minimum atomic E-state index is -1.02. The smallest absolute Gasteiger partial charge is 0.323 e. The second kappa shape index (κ2) is 8.04. The molecule has 0 heterocycles. The minimum absolute atomic E-state index is 0.146. The molecule has 0 bridgehead atoms. The first-order valence-corrected chi connectivity index (χ1v) is 6.78. The van der Waals surface area contributed by atoms with Gasteiger partial charge < -0.3 is 15.3 Å². The first-order chi connectivity index (χ1) is 9.92. The molecular weight excluding hydrogens is 272 g/mol. The summed E-state index contributed by atoms with van der Waals surface area (Å²) in [4.78, 5) is 35.1. The predicted molar refractivity (Wildman–Crippen MR) is 79.0 cm³/mol. The maximum absolute atomic E-state index is 12.1. The van der Waals surface area contributed by atoms with E-state index in [1.807, 2.05) is 6.92 Å². The van der Waals surface area contributed by atoms with Crippen molar-refractivity contribution in [3.63, 3.8) is 0 Å². The summed E-state index contributed by atoms with van der Waals surface area (Å²) in [7, 11) is 0. The number of nitrogens with one attached hydrogen (secondary N) is 1. The SMILES string of the molecule is CCCN(CC(=O)O)C(=O)Cc1ccc(NC(C)=O)cc1. The molecule has 2 N–H and O–H groups in total. The van der Waals surface area contributed by atoms with Crippen molar-refractivity contribution in [1.82, 2.24) is 4.90 Å². The molecule has 0 spiro atoms. The Balaban J connectivity index is 2.67. The highest BCUT2D eigenvalue weighted by atomic mass is 16.4. The van der Waals surface area contributed by atoms with Crippen molar-refractivity contribution in [2.24, 2.45) is 0 Å². The molecule has 0 fully saturated rings. The van der Waals surface area contributed by atoms with Gasteiger partial charge in [0.05, 0.1) is 6.42 Å². The van der Waals surface area contributed by atoms with Crippen molar-refractivity contribution in [2.75, 3.05) is 18.4 Å². The van der Waals surface area contributed by atoms with Crippen LogP contribution in [0.4, 0.5) is 5.69 Å². The van der Waals surface area contributed by atoms with Gasteiger partial charge in [-0.25, -0.2) is 0 Å². The van der Waals surface area contributed by atoms with Gasteiger partial charge in [-0.2, -0.15) is 0 Å². The summed E-state index contributed by atoms with van der Waals surface area (Å²) >= 11 is 0. The third-order valence-corrected chi connectivity index (χ3v) is 2.80. The predicted octanol–water partition coefficient (Wildman–Crippen LogP) is 1.51. The van der Waals surface area contributed by atoms with E-state index >= 15 is 0 Å². The van der Waals surface area contributed by atoms with Crippen molar-refractivity contribution in [2.45, 2.75) is 26.7 Å². The normalized spacial score (nSPS) is 10.0. The van der Waals surface area contributed by atoms with Crippen molar-refractivity contribution < 1.29 is 19.5 Å².